The van der Waals surface area contributed by atoms with E-state index in [0.717, 1.165) is 0 Å². The normalized spacial score (nSPS) is 12.1. The fourth-order valence-corrected chi connectivity index (χ4v) is 2.46. The van der Waals surface area contributed by atoms with Gasteiger partial charge < -0.3 is 9.47 Å². The van der Waals surface area contributed by atoms with E-state index in [1.165, 1.54) is 56.7 Å². The fourth-order valence-electron chi connectivity index (χ4n) is 2.46. The number of alkyl halides is 2. The lowest BCUT2D eigenvalue weighted by atomic mass is 9.90. The molecule has 4 nitrogen and oxygen atoms in total. The molecule has 6 heteroatoms. The van der Waals surface area contributed by atoms with Crippen molar-refractivity contribution in [3.63, 3.8) is 0 Å². The Labute approximate surface area is 144 Å². The molecule has 0 radical (unpaired) electrons. The number of Topliss-reactive ketones (excluding diaryl/α,β-unsaturated/α-hetero) is 1. The Morgan fingerprint density at radius 2 is 1.76 bits per heavy atom. The quantitative estimate of drug-likeness (QED) is 0.705. The van der Waals surface area contributed by atoms with Crippen LogP contribution in [0.2, 0.25) is 0 Å². The topological polar surface area (TPSA) is 59.3 Å². The molecule has 0 heterocycles. The zero-order valence-electron chi connectivity index (χ0n) is 13.8. The molecule has 0 aliphatic carbocycles. The molecule has 2 aromatic carbocycles. The van der Waals surface area contributed by atoms with E-state index in [4.69, 9.17) is 9.47 Å². The highest BCUT2D eigenvalue weighted by molar-refractivity contribution is 6.01. The maximum Gasteiger partial charge on any atom is 0.311 e. The highest BCUT2D eigenvalue weighted by atomic mass is 19.3. The summed E-state index contributed by atoms with van der Waals surface area (Å²) in [5.41, 5.74) is 0.247. The summed E-state index contributed by atoms with van der Waals surface area (Å²) in [7, 11) is 2.86. The summed E-state index contributed by atoms with van der Waals surface area (Å²) >= 11 is 0. The molecule has 2 rings (SSSR count). The zero-order chi connectivity index (χ0) is 18.4. The van der Waals surface area contributed by atoms with Gasteiger partial charge in [-0.3, -0.25) is 4.79 Å². The molecule has 0 spiro atoms. The summed E-state index contributed by atoms with van der Waals surface area (Å²) in [6, 6.07) is 13.7. The molecule has 130 valence electrons. The molecule has 0 N–H and O–H groups in total. The lowest BCUT2D eigenvalue weighted by Crippen LogP contribution is -2.30. The minimum atomic E-state index is -3.66. The molecule has 25 heavy (non-hydrogen) atoms. The van der Waals surface area contributed by atoms with Crippen molar-refractivity contribution in [3.8, 4) is 17.6 Å². The second-order valence-electron chi connectivity index (χ2n) is 5.40. The van der Waals surface area contributed by atoms with Crippen LogP contribution >= 0.6 is 0 Å². The molecule has 0 saturated carbocycles. The Balaban J connectivity index is 2.27. The molecule has 0 saturated heterocycles. The van der Waals surface area contributed by atoms with Crippen LogP contribution in [0, 0.1) is 11.3 Å². The lowest BCUT2D eigenvalue weighted by molar-refractivity contribution is 0.00315. The molecular formula is C19H17F2NO3. The van der Waals surface area contributed by atoms with Crippen molar-refractivity contribution >= 4 is 5.78 Å². The van der Waals surface area contributed by atoms with Crippen LogP contribution in [0.3, 0.4) is 0 Å². The van der Waals surface area contributed by atoms with E-state index in [1.807, 2.05) is 6.07 Å². The number of carbonyl (C=O) groups excluding carboxylic acids is 1. The minimum Gasteiger partial charge on any atom is -0.493 e. The highest BCUT2D eigenvalue weighted by Gasteiger charge is 2.42. The maximum absolute atomic E-state index is 14.4. The molecule has 1 atom stereocenters. The van der Waals surface area contributed by atoms with Gasteiger partial charge >= 0.3 is 5.92 Å². The van der Waals surface area contributed by atoms with Crippen LogP contribution < -0.4 is 9.47 Å². The van der Waals surface area contributed by atoms with Gasteiger partial charge in [-0.05, 0) is 17.7 Å². The van der Waals surface area contributed by atoms with Crippen molar-refractivity contribution in [2.75, 3.05) is 14.2 Å². The Kier molecular flexibility index (Phi) is 5.71. The lowest BCUT2D eigenvalue weighted by Gasteiger charge is -2.19. The second-order valence-corrected chi connectivity index (χ2v) is 5.40. The van der Waals surface area contributed by atoms with Crippen LogP contribution in [0.4, 0.5) is 8.78 Å². The third-order valence-corrected chi connectivity index (χ3v) is 3.79. The first-order chi connectivity index (χ1) is 11.9. The predicted octanol–water partition coefficient (Wildman–Crippen LogP) is 4.22. The monoisotopic (exact) mass is 345 g/mol. The van der Waals surface area contributed by atoms with Crippen molar-refractivity contribution in [1.82, 2.24) is 0 Å². The summed E-state index contributed by atoms with van der Waals surface area (Å²) in [4.78, 5) is 12.1. The first kappa shape index (κ1) is 18.4. The number of rotatable bonds is 7. The Hall–Kier alpha value is -2.94. The van der Waals surface area contributed by atoms with Crippen molar-refractivity contribution in [1.29, 1.82) is 5.26 Å². The summed E-state index contributed by atoms with van der Waals surface area (Å²) in [6.07, 6.45) is -0.910. The van der Waals surface area contributed by atoms with E-state index >= 15 is 0 Å². The maximum atomic E-state index is 14.4. The highest BCUT2D eigenvalue weighted by Crippen LogP contribution is 2.36. The van der Waals surface area contributed by atoms with E-state index < -0.39 is 24.0 Å². The van der Waals surface area contributed by atoms with Gasteiger partial charge in [0.2, 0.25) is 5.78 Å². The van der Waals surface area contributed by atoms with Gasteiger partial charge in [0.05, 0.1) is 26.2 Å². The summed E-state index contributed by atoms with van der Waals surface area (Å²) in [5.74, 6) is -5.36. The van der Waals surface area contributed by atoms with E-state index in [9.17, 15) is 18.8 Å². The number of halogens is 2. The molecule has 0 bridgehead atoms. The average Bonchev–Trinajstić information content (AvgIpc) is 2.65. The molecule has 0 aliphatic heterocycles. The summed E-state index contributed by atoms with van der Waals surface area (Å²) in [5, 5.41) is 9.32. The van der Waals surface area contributed by atoms with Crippen molar-refractivity contribution < 1.29 is 23.0 Å². The molecule has 0 aromatic heterocycles. The van der Waals surface area contributed by atoms with Gasteiger partial charge in [0.1, 0.15) is 0 Å². The van der Waals surface area contributed by atoms with E-state index in [0.29, 0.717) is 17.1 Å². The molecule has 1 unspecified atom stereocenters. The zero-order valence-corrected chi connectivity index (χ0v) is 13.8. The van der Waals surface area contributed by atoms with Crippen molar-refractivity contribution in [2.45, 2.75) is 18.3 Å². The largest absolute Gasteiger partial charge is 0.493 e. The summed E-state index contributed by atoms with van der Waals surface area (Å²) < 4.78 is 39.0. The number of nitrogens with zero attached hydrogens (tertiary/aromatic N) is 1. The number of benzene rings is 2. The van der Waals surface area contributed by atoms with Gasteiger partial charge in [0.25, 0.3) is 0 Å². The average molecular weight is 345 g/mol. The predicted molar refractivity (Wildman–Crippen MR) is 88.2 cm³/mol. The van der Waals surface area contributed by atoms with Gasteiger partial charge in [-0.25, -0.2) is 0 Å². The Morgan fingerprint density at radius 3 is 2.32 bits per heavy atom. The van der Waals surface area contributed by atoms with Gasteiger partial charge in [-0.15, -0.1) is 0 Å². The van der Waals surface area contributed by atoms with E-state index in [-0.39, 0.29) is 5.56 Å². The van der Waals surface area contributed by atoms with Crippen LogP contribution in [0.15, 0.2) is 48.5 Å². The molecule has 2 aromatic rings. The molecule has 0 aliphatic rings. The van der Waals surface area contributed by atoms with Gasteiger partial charge in [0, 0.05) is 12.0 Å². The SMILES string of the molecule is COc1ccc(C(C#N)CC(F)(F)C(=O)c2ccccc2)cc1OC. The number of nitriles is 1. The number of methoxy groups -OCH3 is 2. The third-order valence-electron chi connectivity index (χ3n) is 3.79. The van der Waals surface area contributed by atoms with Gasteiger partial charge in [-0.1, -0.05) is 36.4 Å². The summed E-state index contributed by atoms with van der Waals surface area (Å²) in [6.45, 7) is 0. The van der Waals surface area contributed by atoms with Crippen molar-refractivity contribution in [2.24, 2.45) is 0 Å². The van der Waals surface area contributed by atoms with Gasteiger partial charge in [-0.2, -0.15) is 14.0 Å². The number of hydrogen-bond acceptors (Lipinski definition) is 4. The Bertz CT molecular complexity index is 785. The Morgan fingerprint density at radius 1 is 1.12 bits per heavy atom. The molecular weight excluding hydrogens is 328 g/mol. The van der Waals surface area contributed by atoms with Crippen molar-refractivity contribution in [3.05, 3.63) is 59.7 Å². The smallest absolute Gasteiger partial charge is 0.311 e. The van der Waals surface area contributed by atoms with Crippen LogP contribution in [0.5, 0.6) is 11.5 Å². The van der Waals surface area contributed by atoms with Crippen LogP contribution in [-0.4, -0.2) is 25.9 Å². The first-order valence-electron chi connectivity index (χ1n) is 7.52. The van der Waals surface area contributed by atoms with Crippen LogP contribution in [-0.2, 0) is 0 Å². The first-order valence-corrected chi connectivity index (χ1v) is 7.52. The second kappa shape index (κ2) is 7.75. The molecule has 0 amide bonds. The van der Waals surface area contributed by atoms with Crippen LogP contribution in [0.25, 0.3) is 0 Å². The number of carbonyl (C=O) groups is 1. The molecule has 0 fully saturated rings. The third kappa shape index (κ3) is 4.13. The number of ketones is 1. The standard InChI is InChI=1S/C19H17F2NO3/c1-24-16-9-8-14(10-17(16)25-2)15(12-22)11-19(20,21)18(23)13-6-4-3-5-7-13/h3-10,15H,11H2,1-2H3. The van der Waals surface area contributed by atoms with E-state index in [2.05, 4.69) is 0 Å². The van der Waals surface area contributed by atoms with Crippen LogP contribution in [0.1, 0.15) is 28.3 Å². The minimum absolute atomic E-state index is 0.0866. The fraction of sp³-hybridized carbons (Fsp3) is 0.263. The number of hydrogen-bond donors (Lipinski definition) is 0. The van der Waals surface area contributed by atoms with Gasteiger partial charge in [0.15, 0.2) is 11.5 Å². The van der Waals surface area contributed by atoms with E-state index in [1.54, 1.807) is 6.07 Å². The number of ether oxygens (including phenoxy) is 2.